The molecule has 5 rings (SSSR count). The van der Waals surface area contributed by atoms with Gasteiger partial charge in [-0.15, -0.1) is 0 Å². The van der Waals surface area contributed by atoms with Gasteiger partial charge in [0.2, 0.25) is 5.91 Å². The molecule has 0 aromatic heterocycles. The Morgan fingerprint density at radius 3 is 2.48 bits per heavy atom. The summed E-state index contributed by atoms with van der Waals surface area (Å²) in [5, 5.41) is 8.99. The Kier molecular flexibility index (Phi) is 4.85. The lowest BCUT2D eigenvalue weighted by Gasteiger charge is -2.51. The van der Waals surface area contributed by atoms with E-state index in [0.29, 0.717) is 11.5 Å². The number of carbonyl (C=O) groups excluding carboxylic acids is 1. The van der Waals surface area contributed by atoms with Crippen molar-refractivity contribution in [1.29, 1.82) is 5.26 Å². The Balaban J connectivity index is 1.31. The zero-order valence-corrected chi connectivity index (χ0v) is 17.4. The van der Waals surface area contributed by atoms with E-state index in [1.54, 1.807) is 0 Å². The maximum Gasteiger partial charge on any atom is 0.242 e. The van der Waals surface area contributed by atoms with E-state index in [1.807, 2.05) is 12.1 Å². The number of carbonyl (C=O) groups is 1. The molecule has 1 amide bonds. The van der Waals surface area contributed by atoms with Gasteiger partial charge in [0.05, 0.1) is 17.3 Å². The van der Waals surface area contributed by atoms with Crippen LogP contribution in [0.5, 0.6) is 0 Å². The molecule has 3 aliphatic heterocycles. The summed E-state index contributed by atoms with van der Waals surface area (Å²) in [6.45, 7) is 6.86. The number of benzene rings is 1. The number of likely N-dealkylation sites (N-methyl/N-ethyl adjacent to an activating group) is 1. The summed E-state index contributed by atoms with van der Waals surface area (Å²) in [7, 11) is 2.14. The van der Waals surface area contributed by atoms with Gasteiger partial charge in [-0.1, -0.05) is 12.1 Å². The van der Waals surface area contributed by atoms with Gasteiger partial charge < -0.3 is 9.80 Å². The average Bonchev–Trinajstić information content (AvgIpc) is 3.54. The molecule has 4 aliphatic rings. The van der Waals surface area contributed by atoms with Gasteiger partial charge in [0.1, 0.15) is 6.04 Å². The van der Waals surface area contributed by atoms with Crippen molar-refractivity contribution in [2.75, 3.05) is 46.3 Å². The minimum Gasteiger partial charge on any atom is -0.322 e. The van der Waals surface area contributed by atoms with Gasteiger partial charge in [-0.2, -0.15) is 5.26 Å². The second-order valence-corrected chi connectivity index (χ2v) is 9.43. The minimum atomic E-state index is -0.0627. The Morgan fingerprint density at radius 1 is 1.10 bits per heavy atom. The van der Waals surface area contributed by atoms with Gasteiger partial charge in [0, 0.05) is 45.8 Å². The van der Waals surface area contributed by atoms with Gasteiger partial charge in [-0.25, -0.2) is 0 Å². The minimum absolute atomic E-state index is 0.0533. The molecule has 4 fully saturated rings. The van der Waals surface area contributed by atoms with Crippen molar-refractivity contribution >= 4 is 5.91 Å². The highest BCUT2D eigenvalue weighted by Gasteiger charge is 2.58. The zero-order valence-electron chi connectivity index (χ0n) is 17.4. The number of likely N-dealkylation sites (tertiary alicyclic amines) is 1. The van der Waals surface area contributed by atoms with Crippen LogP contribution in [-0.4, -0.2) is 83.5 Å². The van der Waals surface area contributed by atoms with E-state index in [9.17, 15) is 4.79 Å². The maximum absolute atomic E-state index is 13.4. The molecule has 0 radical (unpaired) electrons. The number of piperazine rings is 1. The first-order valence-electron chi connectivity index (χ1n) is 11.1. The van der Waals surface area contributed by atoms with E-state index in [0.717, 1.165) is 64.6 Å². The number of hydrogen-bond acceptors (Lipinski definition) is 5. The number of hydrogen-bond donors (Lipinski definition) is 0. The monoisotopic (exact) mass is 393 g/mol. The summed E-state index contributed by atoms with van der Waals surface area (Å²) in [6, 6.07) is 10.2. The molecule has 154 valence electrons. The van der Waals surface area contributed by atoms with Gasteiger partial charge in [-0.3, -0.25) is 14.6 Å². The van der Waals surface area contributed by atoms with E-state index in [4.69, 9.17) is 5.26 Å². The number of amides is 1. The number of nitrogens with zero attached hydrogens (tertiary/aromatic N) is 5. The predicted octanol–water partition coefficient (Wildman–Crippen LogP) is 1.72. The zero-order chi connectivity index (χ0) is 20.0. The second-order valence-electron chi connectivity index (χ2n) is 9.43. The van der Waals surface area contributed by atoms with Crippen LogP contribution >= 0.6 is 0 Å². The van der Waals surface area contributed by atoms with E-state index >= 15 is 0 Å². The lowest BCUT2D eigenvalue weighted by Crippen LogP contribution is -2.63. The first-order chi connectivity index (χ1) is 14.1. The molecule has 0 unspecified atom stereocenters. The molecule has 6 nitrogen and oxygen atoms in total. The van der Waals surface area contributed by atoms with Crippen molar-refractivity contribution in [2.45, 2.75) is 43.9 Å². The van der Waals surface area contributed by atoms with Crippen LogP contribution in [0.15, 0.2) is 24.3 Å². The van der Waals surface area contributed by atoms with Crippen molar-refractivity contribution in [3.05, 3.63) is 35.4 Å². The normalized spacial score (nSPS) is 27.9. The van der Waals surface area contributed by atoms with Gasteiger partial charge in [0.15, 0.2) is 0 Å². The lowest BCUT2D eigenvalue weighted by molar-refractivity contribution is -0.134. The molecule has 1 spiro atoms. The van der Waals surface area contributed by atoms with Crippen LogP contribution in [-0.2, 0) is 11.3 Å². The van der Waals surface area contributed by atoms with Crippen LogP contribution in [0.2, 0.25) is 0 Å². The summed E-state index contributed by atoms with van der Waals surface area (Å²) in [5.74, 6) is 1.11. The van der Waals surface area contributed by atoms with Crippen molar-refractivity contribution in [1.82, 2.24) is 19.6 Å². The first kappa shape index (κ1) is 19.0. The SMILES string of the molecule is CN1CCN2[C@H](C1)C(=O)N(CC1CC1)C21CCN(Cc2ccc(C#N)cc2)CC1. The Hall–Kier alpha value is -1.94. The quantitative estimate of drug-likeness (QED) is 0.780. The average molecular weight is 394 g/mol. The number of rotatable bonds is 4. The molecule has 0 N–H and O–H groups in total. The molecule has 1 aromatic rings. The largest absolute Gasteiger partial charge is 0.322 e. The maximum atomic E-state index is 13.4. The highest BCUT2D eigenvalue weighted by atomic mass is 16.2. The second kappa shape index (κ2) is 7.39. The highest BCUT2D eigenvalue weighted by molar-refractivity contribution is 5.85. The third-order valence-corrected chi connectivity index (χ3v) is 7.46. The Labute approximate surface area is 173 Å². The van der Waals surface area contributed by atoms with E-state index < -0.39 is 0 Å². The first-order valence-corrected chi connectivity index (χ1v) is 11.1. The fourth-order valence-corrected chi connectivity index (χ4v) is 5.56. The molecule has 3 heterocycles. The predicted molar refractivity (Wildman–Crippen MR) is 111 cm³/mol. The summed E-state index contributed by atoms with van der Waals surface area (Å²) >= 11 is 0. The molecule has 1 aliphatic carbocycles. The molecule has 29 heavy (non-hydrogen) atoms. The smallest absolute Gasteiger partial charge is 0.242 e. The van der Waals surface area contributed by atoms with Crippen LogP contribution in [0.4, 0.5) is 0 Å². The standard InChI is InChI=1S/C23H31N5O/c1-25-12-13-27-21(17-25)22(29)28(16-20-6-7-20)23(27)8-10-26(11-9-23)15-19-4-2-18(14-24)3-5-19/h2-5,20-21H,6-13,15-17H2,1H3/t21-/m1/s1. The topological polar surface area (TPSA) is 53.8 Å². The molecule has 6 heteroatoms. The van der Waals surface area contributed by atoms with Crippen molar-refractivity contribution < 1.29 is 4.79 Å². The summed E-state index contributed by atoms with van der Waals surface area (Å²) < 4.78 is 0. The van der Waals surface area contributed by atoms with Crippen LogP contribution < -0.4 is 0 Å². The van der Waals surface area contributed by atoms with E-state index in [-0.39, 0.29) is 11.7 Å². The van der Waals surface area contributed by atoms with Crippen molar-refractivity contribution in [3.8, 4) is 6.07 Å². The molecule has 1 aromatic carbocycles. The van der Waals surface area contributed by atoms with Crippen molar-refractivity contribution in [3.63, 3.8) is 0 Å². The fourth-order valence-electron chi connectivity index (χ4n) is 5.56. The van der Waals surface area contributed by atoms with Crippen molar-refractivity contribution in [2.24, 2.45) is 5.92 Å². The number of nitriles is 1. The van der Waals surface area contributed by atoms with Crippen LogP contribution in [0.3, 0.4) is 0 Å². The molecular formula is C23H31N5O. The third kappa shape index (κ3) is 3.46. The molecular weight excluding hydrogens is 362 g/mol. The Bertz CT molecular complexity index is 804. The summed E-state index contributed by atoms with van der Waals surface area (Å²) in [6.07, 6.45) is 4.66. The van der Waals surface area contributed by atoms with Gasteiger partial charge in [0.25, 0.3) is 0 Å². The van der Waals surface area contributed by atoms with E-state index in [2.05, 4.69) is 44.8 Å². The van der Waals surface area contributed by atoms with Crippen LogP contribution in [0.1, 0.15) is 36.8 Å². The molecule has 0 bridgehead atoms. The van der Waals surface area contributed by atoms with Crippen LogP contribution in [0.25, 0.3) is 0 Å². The summed E-state index contributed by atoms with van der Waals surface area (Å²) in [4.78, 5) is 23.1. The van der Waals surface area contributed by atoms with Gasteiger partial charge in [-0.05, 0) is 56.3 Å². The van der Waals surface area contributed by atoms with Gasteiger partial charge >= 0.3 is 0 Å². The summed E-state index contributed by atoms with van der Waals surface area (Å²) in [5.41, 5.74) is 1.91. The highest BCUT2D eigenvalue weighted by Crippen LogP contribution is 2.44. The van der Waals surface area contributed by atoms with E-state index in [1.165, 1.54) is 18.4 Å². The number of piperidine rings is 1. The fraction of sp³-hybridized carbons (Fsp3) is 0.652. The molecule has 1 atom stereocenters. The lowest BCUT2D eigenvalue weighted by atomic mass is 9.93. The third-order valence-electron chi connectivity index (χ3n) is 7.46. The Morgan fingerprint density at radius 2 is 1.83 bits per heavy atom. The van der Waals surface area contributed by atoms with Crippen LogP contribution in [0, 0.1) is 17.2 Å². The number of fused-ring (bicyclic) bond motifs is 2. The molecule has 1 saturated carbocycles. The molecule has 3 saturated heterocycles.